The fourth-order valence-corrected chi connectivity index (χ4v) is 3.27. The van der Waals surface area contributed by atoms with Crippen molar-refractivity contribution in [2.24, 2.45) is 4.40 Å². The van der Waals surface area contributed by atoms with Gasteiger partial charge in [-0.2, -0.15) is 8.42 Å². The topological polar surface area (TPSA) is 92.9 Å². The summed E-state index contributed by atoms with van der Waals surface area (Å²) in [5, 5.41) is 10.7. The summed E-state index contributed by atoms with van der Waals surface area (Å²) >= 11 is 0. The monoisotopic (exact) mass is 281 g/mol. The van der Waals surface area contributed by atoms with E-state index in [1.165, 1.54) is 18.5 Å². The molecule has 2 aliphatic rings. The Hall–Kier alpha value is -1.96. The number of non-ortho nitro benzene ring substituents is 1. The van der Waals surface area contributed by atoms with Crippen molar-refractivity contribution in [3.63, 3.8) is 0 Å². The van der Waals surface area contributed by atoms with E-state index in [0.29, 0.717) is 5.69 Å². The summed E-state index contributed by atoms with van der Waals surface area (Å²) in [6, 6.07) is 4.11. The van der Waals surface area contributed by atoms with E-state index < -0.39 is 14.9 Å². The van der Waals surface area contributed by atoms with Crippen LogP contribution in [0.15, 0.2) is 27.5 Å². The Balaban J connectivity index is 2.14. The highest BCUT2D eigenvalue weighted by molar-refractivity contribution is 7.90. The van der Waals surface area contributed by atoms with Gasteiger partial charge in [-0.25, -0.2) is 0 Å². The third-order valence-electron chi connectivity index (χ3n) is 3.49. The molecule has 1 saturated carbocycles. The number of sulfonamides is 1. The number of fused-ring (bicyclic) bond motifs is 1. The first-order valence-electron chi connectivity index (χ1n) is 5.86. The highest BCUT2D eigenvalue weighted by Crippen LogP contribution is 2.37. The molecule has 100 valence electrons. The second-order valence-electron chi connectivity index (χ2n) is 4.60. The van der Waals surface area contributed by atoms with Crippen molar-refractivity contribution in [1.29, 1.82) is 0 Å². The van der Waals surface area contributed by atoms with E-state index in [1.54, 1.807) is 4.90 Å². The zero-order chi connectivity index (χ0) is 13.6. The van der Waals surface area contributed by atoms with Crippen LogP contribution in [0.1, 0.15) is 19.3 Å². The van der Waals surface area contributed by atoms with Crippen LogP contribution in [0.3, 0.4) is 0 Å². The molecule has 0 atom stereocenters. The largest absolute Gasteiger partial charge is 0.327 e. The summed E-state index contributed by atoms with van der Waals surface area (Å²) in [7, 11) is -3.83. The Bertz CT molecular complexity index is 679. The average Bonchev–Trinajstić information content (AvgIpc) is 2.30. The standard InChI is InChI=1S/C11H11N3O4S/c15-14(16)9-4-5-10-11(6-9)19(17,18)12-7-13(10)8-2-1-3-8/h4-8H,1-3H2. The molecular weight excluding hydrogens is 270 g/mol. The third-order valence-corrected chi connectivity index (χ3v) is 4.74. The van der Waals surface area contributed by atoms with E-state index in [9.17, 15) is 18.5 Å². The zero-order valence-electron chi connectivity index (χ0n) is 9.89. The van der Waals surface area contributed by atoms with E-state index in [0.717, 1.165) is 25.3 Å². The second kappa shape index (κ2) is 4.02. The average molecular weight is 281 g/mol. The van der Waals surface area contributed by atoms with Crippen LogP contribution in [0.2, 0.25) is 0 Å². The molecule has 0 saturated heterocycles. The van der Waals surface area contributed by atoms with Gasteiger partial charge >= 0.3 is 0 Å². The van der Waals surface area contributed by atoms with Gasteiger partial charge in [-0.15, -0.1) is 4.40 Å². The Kier molecular flexibility index (Phi) is 2.56. The van der Waals surface area contributed by atoms with Gasteiger partial charge in [0.25, 0.3) is 15.7 Å². The number of anilines is 1. The molecule has 0 bridgehead atoms. The Morgan fingerprint density at radius 2 is 2.11 bits per heavy atom. The maximum absolute atomic E-state index is 11.9. The number of nitro benzene ring substituents is 1. The first-order chi connectivity index (χ1) is 8.99. The van der Waals surface area contributed by atoms with Gasteiger partial charge in [0.2, 0.25) is 0 Å². The normalized spacial score (nSPS) is 20.7. The molecule has 1 aliphatic carbocycles. The van der Waals surface area contributed by atoms with Crippen LogP contribution in [-0.2, 0) is 10.0 Å². The van der Waals surface area contributed by atoms with Gasteiger partial charge in [0, 0.05) is 18.2 Å². The highest BCUT2D eigenvalue weighted by atomic mass is 32.2. The van der Waals surface area contributed by atoms with E-state index >= 15 is 0 Å². The van der Waals surface area contributed by atoms with Crippen molar-refractivity contribution in [3.05, 3.63) is 28.3 Å². The maximum atomic E-state index is 11.9. The minimum Gasteiger partial charge on any atom is -0.327 e. The molecule has 0 N–H and O–H groups in total. The van der Waals surface area contributed by atoms with Gasteiger partial charge in [0.05, 0.1) is 10.6 Å². The molecule has 1 heterocycles. The lowest BCUT2D eigenvalue weighted by molar-refractivity contribution is -0.385. The van der Waals surface area contributed by atoms with Crippen molar-refractivity contribution in [2.75, 3.05) is 4.90 Å². The molecule has 7 nitrogen and oxygen atoms in total. The van der Waals surface area contributed by atoms with Crippen LogP contribution in [0.25, 0.3) is 0 Å². The quantitative estimate of drug-likeness (QED) is 0.607. The smallest absolute Gasteiger partial charge is 0.286 e. The SMILES string of the molecule is O=[N+]([O-])c1ccc2c(c1)S(=O)(=O)N=CN2C1CCC1. The van der Waals surface area contributed by atoms with Crippen molar-refractivity contribution in [3.8, 4) is 0 Å². The zero-order valence-corrected chi connectivity index (χ0v) is 10.7. The van der Waals surface area contributed by atoms with Crippen LogP contribution in [0.4, 0.5) is 11.4 Å². The lowest BCUT2D eigenvalue weighted by Crippen LogP contribution is -2.41. The van der Waals surface area contributed by atoms with Gasteiger partial charge in [-0.1, -0.05) is 0 Å². The summed E-state index contributed by atoms with van der Waals surface area (Å²) < 4.78 is 27.3. The first-order valence-corrected chi connectivity index (χ1v) is 7.30. The molecule has 1 aromatic carbocycles. The molecule has 19 heavy (non-hydrogen) atoms. The number of hydrogen-bond donors (Lipinski definition) is 0. The van der Waals surface area contributed by atoms with Crippen LogP contribution in [-0.4, -0.2) is 25.7 Å². The van der Waals surface area contributed by atoms with Crippen LogP contribution >= 0.6 is 0 Å². The van der Waals surface area contributed by atoms with Crippen molar-refractivity contribution in [1.82, 2.24) is 0 Å². The van der Waals surface area contributed by atoms with Crippen LogP contribution < -0.4 is 4.90 Å². The maximum Gasteiger partial charge on any atom is 0.286 e. The summed E-state index contributed by atoms with van der Waals surface area (Å²) in [5.41, 5.74) is 0.235. The number of benzene rings is 1. The van der Waals surface area contributed by atoms with E-state index in [4.69, 9.17) is 0 Å². The molecule has 3 rings (SSSR count). The predicted molar refractivity (Wildman–Crippen MR) is 68.9 cm³/mol. The Morgan fingerprint density at radius 1 is 1.37 bits per heavy atom. The fraction of sp³-hybridized carbons (Fsp3) is 0.364. The third kappa shape index (κ3) is 1.88. The predicted octanol–water partition coefficient (Wildman–Crippen LogP) is 1.68. The number of hydrogen-bond acceptors (Lipinski definition) is 5. The van der Waals surface area contributed by atoms with Gasteiger partial charge in [-0.05, 0) is 25.3 Å². The molecule has 1 aliphatic heterocycles. The van der Waals surface area contributed by atoms with E-state index in [1.807, 2.05) is 0 Å². The molecule has 0 amide bonds. The molecule has 0 spiro atoms. The van der Waals surface area contributed by atoms with Crippen molar-refractivity contribution in [2.45, 2.75) is 30.2 Å². The van der Waals surface area contributed by atoms with Gasteiger partial charge in [-0.3, -0.25) is 10.1 Å². The van der Waals surface area contributed by atoms with Gasteiger partial charge in [0.15, 0.2) is 0 Å². The fourth-order valence-electron chi connectivity index (χ4n) is 2.22. The van der Waals surface area contributed by atoms with Gasteiger partial charge in [0.1, 0.15) is 11.2 Å². The lowest BCUT2D eigenvalue weighted by Gasteiger charge is -2.38. The number of nitro groups is 1. The van der Waals surface area contributed by atoms with Crippen LogP contribution in [0, 0.1) is 10.1 Å². The summed E-state index contributed by atoms with van der Waals surface area (Å²) in [6.07, 6.45) is 4.36. The van der Waals surface area contributed by atoms with Crippen LogP contribution in [0.5, 0.6) is 0 Å². The number of nitrogens with zero attached hydrogens (tertiary/aromatic N) is 3. The molecule has 8 heteroatoms. The molecule has 1 fully saturated rings. The molecule has 0 aromatic heterocycles. The summed E-state index contributed by atoms with van der Waals surface area (Å²) in [5.74, 6) is 0. The Morgan fingerprint density at radius 3 is 2.68 bits per heavy atom. The molecule has 0 unspecified atom stereocenters. The Labute approximate surface area is 109 Å². The van der Waals surface area contributed by atoms with Gasteiger partial charge < -0.3 is 4.90 Å². The summed E-state index contributed by atoms with van der Waals surface area (Å²) in [6.45, 7) is 0. The molecule has 0 radical (unpaired) electrons. The van der Waals surface area contributed by atoms with E-state index in [-0.39, 0.29) is 16.6 Å². The minimum absolute atomic E-state index is 0.0869. The second-order valence-corrected chi connectivity index (χ2v) is 6.20. The van der Waals surface area contributed by atoms with Crippen molar-refractivity contribution >= 4 is 27.7 Å². The molecule has 1 aromatic rings. The lowest BCUT2D eigenvalue weighted by atomic mass is 9.91. The first kappa shape index (κ1) is 12.1. The molecular formula is C11H11N3O4S. The van der Waals surface area contributed by atoms with E-state index in [2.05, 4.69) is 4.40 Å². The number of rotatable bonds is 2. The summed E-state index contributed by atoms with van der Waals surface area (Å²) in [4.78, 5) is 11.8. The highest BCUT2D eigenvalue weighted by Gasteiger charge is 2.33. The minimum atomic E-state index is -3.83. The van der Waals surface area contributed by atoms with Crippen molar-refractivity contribution < 1.29 is 13.3 Å².